The first kappa shape index (κ1) is 17.7. The van der Waals surface area contributed by atoms with Crippen molar-refractivity contribution >= 4 is 22.6 Å². The molecule has 142 valence electrons. The molecule has 2 aromatic heterocycles. The molecule has 0 N–H and O–H groups in total. The van der Waals surface area contributed by atoms with Crippen LogP contribution in [0.1, 0.15) is 23.1 Å². The minimum Gasteiger partial charge on any atom is -0.486 e. The van der Waals surface area contributed by atoms with Crippen LogP contribution in [0.2, 0.25) is 0 Å². The van der Waals surface area contributed by atoms with E-state index < -0.39 is 5.97 Å². The summed E-state index contributed by atoms with van der Waals surface area (Å²) >= 11 is 0. The Morgan fingerprint density at radius 2 is 1.93 bits per heavy atom. The fourth-order valence-electron chi connectivity index (χ4n) is 3.17. The summed E-state index contributed by atoms with van der Waals surface area (Å²) in [5.74, 6) is 1.09. The zero-order valence-corrected chi connectivity index (χ0v) is 15.5. The molecule has 0 aliphatic rings. The van der Waals surface area contributed by atoms with Gasteiger partial charge in [-0.25, -0.2) is 4.79 Å². The molecule has 0 unspecified atom stereocenters. The van der Waals surface area contributed by atoms with E-state index in [0.717, 1.165) is 5.52 Å². The van der Waals surface area contributed by atoms with Crippen LogP contribution in [-0.4, -0.2) is 32.2 Å². The molecule has 0 spiro atoms. The van der Waals surface area contributed by atoms with E-state index in [9.17, 15) is 9.59 Å². The van der Waals surface area contributed by atoms with Crippen LogP contribution < -0.4 is 10.3 Å². The quantitative estimate of drug-likeness (QED) is 0.496. The molecular weight excluding hydrogens is 360 g/mol. The number of hydrogen-bond acceptors (Lipinski definition) is 6. The van der Waals surface area contributed by atoms with E-state index in [2.05, 4.69) is 10.2 Å². The zero-order valence-electron chi connectivity index (χ0n) is 15.5. The summed E-state index contributed by atoms with van der Waals surface area (Å²) in [5.41, 5.74) is 1.02. The van der Waals surface area contributed by atoms with Gasteiger partial charge in [0.05, 0.1) is 23.6 Å². The van der Waals surface area contributed by atoms with E-state index in [0.29, 0.717) is 34.8 Å². The van der Waals surface area contributed by atoms with Gasteiger partial charge in [0.25, 0.3) is 5.56 Å². The van der Waals surface area contributed by atoms with Gasteiger partial charge in [-0.15, -0.1) is 10.2 Å². The van der Waals surface area contributed by atoms with Crippen LogP contribution in [0.4, 0.5) is 0 Å². The maximum Gasteiger partial charge on any atom is 0.337 e. The monoisotopic (exact) mass is 378 g/mol. The first-order valence-corrected chi connectivity index (χ1v) is 8.80. The molecule has 0 amide bonds. The largest absolute Gasteiger partial charge is 0.486 e. The molecule has 28 heavy (non-hydrogen) atoms. The Kier molecular flexibility index (Phi) is 4.52. The molecular formula is C20H18N4O4. The van der Waals surface area contributed by atoms with Gasteiger partial charge >= 0.3 is 5.97 Å². The van der Waals surface area contributed by atoms with Gasteiger partial charge in [0.2, 0.25) is 5.78 Å². The Morgan fingerprint density at radius 3 is 2.71 bits per heavy atom. The number of hydrogen-bond donors (Lipinski definition) is 0. The summed E-state index contributed by atoms with van der Waals surface area (Å²) in [5, 5.41) is 9.00. The number of rotatable bonds is 5. The second-order valence-electron chi connectivity index (χ2n) is 6.13. The number of fused-ring (bicyclic) bond motifs is 3. The van der Waals surface area contributed by atoms with Crippen LogP contribution in [0.3, 0.4) is 0 Å². The van der Waals surface area contributed by atoms with Gasteiger partial charge in [-0.3, -0.25) is 13.8 Å². The molecule has 0 aliphatic heterocycles. The van der Waals surface area contributed by atoms with Crippen molar-refractivity contribution < 1.29 is 14.3 Å². The number of benzene rings is 2. The Labute approximate surface area is 160 Å². The van der Waals surface area contributed by atoms with Gasteiger partial charge in [0.15, 0.2) is 5.82 Å². The molecule has 8 heteroatoms. The van der Waals surface area contributed by atoms with Gasteiger partial charge < -0.3 is 9.47 Å². The summed E-state index contributed by atoms with van der Waals surface area (Å²) in [6.45, 7) is 2.49. The summed E-state index contributed by atoms with van der Waals surface area (Å²) in [4.78, 5) is 24.4. The minimum atomic E-state index is -0.434. The first-order chi connectivity index (χ1) is 13.6. The highest BCUT2D eigenvalue weighted by atomic mass is 16.5. The minimum absolute atomic E-state index is 0.101. The topological polar surface area (TPSA) is 87.7 Å². The molecule has 2 aromatic carbocycles. The lowest BCUT2D eigenvalue weighted by Crippen LogP contribution is -2.22. The van der Waals surface area contributed by atoms with E-state index >= 15 is 0 Å². The molecule has 2 heterocycles. The van der Waals surface area contributed by atoms with E-state index in [1.165, 1.54) is 7.11 Å². The smallest absolute Gasteiger partial charge is 0.337 e. The molecule has 0 radical (unpaired) electrons. The van der Waals surface area contributed by atoms with Crippen molar-refractivity contribution in [3.63, 3.8) is 0 Å². The van der Waals surface area contributed by atoms with Crippen molar-refractivity contribution in [1.82, 2.24) is 19.2 Å². The predicted molar refractivity (Wildman–Crippen MR) is 103 cm³/mol. The fourth-order valence-corrected chi connectivity index (χ4v) is 3.17. The van der Waals surface area contributed by atoms with Gasteiger partial charge in [-0.1, -0.05) is 18.2 Å². The van der Waals surface area contributed by atoms with E-state index in [1.54, 1.807) is 34.9 Å². The van der Waals surface area contributed by atoms with Crippen LogP contribution in [0.25, 0.3) is 16.7 Å². The van der Waals surface area contributed by atoms with Crippen molar-refractivity contribution in [3.05, 3.63) is 70.3 Å². The molecule has 0 atom stereocenters. The standard InChI is InChI=1S/C20H18N4O4/c1-3-23-18(25)15-9-4-5-10-16(15)24-17(21-22-20(23)24)12-28-14-8-6-7-13(11-14)19(26)27-2/h4-11H,3,12H2,1-2H3. The van der Waals surface area contributed by atoms with E-state index in [1.807, 2.05) is 29.5 Å². The van der Waals surface area contributed by atoms with Crippen molar-refractivity contribution in [2.24, 2.45) is 0 Å². The van der Waals surface area contributed by atoms with Gasteiger partial charge in [0, 0.05) is 6.54 Å². The summed E-state index contributed by atoms with van der Waals surface area (Å²) < 4.78 is 14.0. The molecule has 4 aromatic rings. The van der Waals surface area contributed by atoms with Crippen LogP contribution in [0.15, 0.2) is 53.3 Å². The summed E-state index contributed by atoms with van der Waals surface area (Å²) in [7, 11) is 1.33. The van der Waals surface area contributed by atoms with Crippen LogP contribution in [0.5, 0.6) is 5.75 Å². The maximum atomic E-state index is 12.7. The lowest BCUT2D eigenvalue weighted by Gasteiger charge is -2.10. The number of carbonyl (C=O) groups is 1. The second-order valence-corrected chi connectivity index (χ2v) is 6.13. The molecule has 4 rings (SSSR count). The van der Waals surface area contributed by atoms with E-state index in [-0.39, 0.29) is 12.2 Å². The Morgan fingerprint density at radius 1 is 1.11 bits per heavy atom. The van der Waals surface area contributed by atoms with Crippen molar-refractivity contribution in [2.45, 2.75) is 20.1 Å². The second kappa shape index (κ2) is 7.15. The third kappa shape index (κ3) is 2.88. The maximum absolute atomic E-state index is 12.7. The van der Waals surface area contributed by atoms with Crippen molar-refractivity contribution in [3.8, 4) is 5.75 Å². The molecule has 0 fully saturated rings. The molecule has 0 saturated carbocycles. The highest BCUT2D eigenvalue weighted by molar-refractivity contribution is 5.89. The number of para-hydroxylation sites is 1. The Hall–Kier alpha value is -3.68. The number of carbonyl (C=O) groups excluding carboxylic acids is 1. The fraction of sp³-hybridized carbons (Fsp3) is 0.200. The highest BCUT2D eigenvalue weighted by Gasteiger charge is 2.16. The van der Waals surface area contributed by atoms with E-state index in [4.69, 9.17) is 9.47 Å². The lowest BCUT2D eigenvalue weighted by molar-refractivity contribution is 0.0600. The number of esters is 1. The van der Waals surface area contributed by atoms with Gasteiger partial charge in [-0.05, 0) is 37.3 Å². The molecule has 8 nitrogen and oxygen atoms in total. The van der Waals surface area contributed by atoms with Crippen LogP contribution in [-0.2, 0) is 17.9 Å². The number of aromatic nitrogens is 4. The van der Waals surface area contributed by atoms with Crippen molar-refractivity contribution in [1.29, 1.82) is 0 Å². The van der Waals surface area contributed by atoms with Crippen LogP contribution in [0, 0.1) is 0 Å². The number of nitrogens with zero attached hydrogens (tertiary/aromatic N) is 4. The number of ether oxygens (including phenoxy) is 2. The summed E-state index contributed by atoms with van der Waals surface area (Å²) in [6.07, 6.45) is 0. The molecule has 0 saturated heterocycles. The third-order valence-electron chi connectivity index (χ3n) is 4.51. The predicted octanol–water partition coefficient (Wildman–Crippen LogP) is 2.43. The normalized spacial score (nSPS) is 11.1. The molecule has 0 aliphatic carbocycles. The Balaban J connectivity index is 1.76. The van der Waals surface area contributed by atoms with Gasteiger partial charge in [-0.2, -0.15) is 0 Å². The van der Waals surface area contributed by atoms with Crippen molar-refractivity contribution in [2.75, 3.05) is 7.11 Å². The summed E-state index contributed by atoms with van der Waals surface area (Å²) in [6, 6.07) is 14.1. The average Bonchev–Trinajstić information content (AvgIpc) is 3.16. The number of methoxy groups -OCH3 is 1. The number of aryl methyl sites for hydroxylation is 1. The average molecular weight is 378 g/mol. The Bertz CT molecular complexity index is 1240. The van der Waals surface area contributed by atoms with Crippen LogP contribution >= 0.6 is 0 Å². The SMILES string of the molecule is CCn1c(=O)c2ccccc2n2c(COc3cccc(C(=O)OC)c3)nnc12. The van der Waals surface area contributed by atoms with Gasteiger partial charge in [0.1, 0.15) is 12.4 Å². The highest BCUT2D eigenvalue weighted by Crippen LogP contribution is 2.18. The first-order valence-electron chi connectivity index (χ1n) is 8.80. The zero-order chi connectivity index (χ0) is 19.7. The third-order valence-corrected chi connectivity index (χ3v) is 4.51. The lowest BCUT2D eigenvalue weighted by atomic mass is 10.2. The molecule has 0 bridgehead atoms.